The number of anilines is 1. The Labute approximate surface area is 139 Å². The van der Waals surface area contributed by atoms with E-state index in [0.29, 0.717) is 6.04 Å². The third-order valence-electron chi connectivity index (χ3n) is 4.90. The van der Waals surface area contributed by atoms with E-state index in [-0.39, 0.29) is 5.91 Å². The second-order valence-electron chi connectivity index (χ2n) is 6.66. The molecule has 2 aliphatic rings. The molecule has 0 saturated carbocycles. The van der Waals surface area contributed by atoms with Crippen LogP contribution in [0.1, 0.15) is 49.4 Å². The Kier molecular flexibility index (Phi) is 5.49. The van der Waals surface area contributed by atoms with Crippen molar-refractivity contribution in [3.05, 3.63) is 23.9 Å². The van der Waals surface area contributed by atoms with Crippen LogP contribution < -0.4 is 10.2 Å². The lowest BCUT2D eigenvalue weighted by molar-refractivity contribution is 0.0911. The molecule has 3 heterocycles. The van der Waals surface area contributed by atoms with Crippen LogP contribution >= 0.6 is 0 Å². The molecule has 23 heavy (non-hydrogen) atoms. The fourth-order valence-corrected chi connectivity index (χ4v) is 3.64. The van der Waals surface area contributed by atoms with Crippen LogP contribution in [-0.2, 0) is 0 Å². The maximum atomic E-state index is 12.7. The van der Waals surface area contributed by atoms with E-state index in [1.165, 1.54) is 25.8 Å². The molecule has 0 unspecified atom stereocenters. The molecule has 5 heteroatoms. The van der Waals surface area contributed by atoms with Crippen molar-refractivity contribution in [3.8, 4) is 0 Å². The van der Waals surface area contributed by atoms with Crippen LogP contribution in [0.4, 0.5) is 5.82 Å². The summed E-state index contributed by atoms with van der Waals surface area (Å²) in [7, 11) is 0. The first kappa shape index (κ1) is 16.2. The smallest absolute Gasteiger partial charge is 0.255 e. The van der Waals surface area contributed by atoms with Gasteiger partial charge < -0.3 is 15.1 Å². The van der Waals surface area contributed by atoms with Crippen molar-refractivity contribution in [1.82, 2.24) is 15.2 Å². The van der Waals surface area contributed by atoms with Crippen LogP contribution in [0.2, 0.25) is 0 Å². The van der Waals surface area contributed by atoms with Gasteiger partial charge in [-0.15, -0.1) is 0 Å². The number of aromatic nitrogens is 1. The molecule has 2 saturated heterocycles. The van der Waals surface area contributed by atoms with Crippen LogP contribution in [0.15, 0.2) is 18.3 Å². The number of rotatable bonds is 5. The highest BCUT2D eigenvalue weighted by molar-refractivity contribution is 5.99. The highest BCUT2D eigenvalue weighted by atomic mass is 16.1. The first-order chi connectivity index (χ1) is 11.3. The molecule has 0 atom stereocenters. The predicted octanol–water partition coefficient (Wildman–Crippen LogP) is 2.29. The molecule has 1 aromatic heterocycles. The van der Waals surface area contributed by atoms with Crippen molar-refractivity contribution in [2.45, 2.75) is 45.1 Å². The number of carbonyl (C=O) groups excluding carboxylic acids is 1. The molecule has 2 aliphatic heterocycles. The molecule has 1 aromatic rings. The van der Waals surface area contributed by atoms with Gasteiger partial charge in [0.25, 0.3) is 5.91 Å². The number of nitrogens with zero attached hydrogens (tertiary/aromatic N) is 3. The molecule has 0 aromatic carbocycles. The Hall–Kier alpha value is -1.62. The van der Waals surface area contributed by atoms with Crippen LogP contribution in [0.25, 0.3) is 0 Å². The van der Waals surface area contributed by atoms with Gasteiger partial charge >= 0.3 is 0 Å². The average molecular weight is 316 g/mol. The topological polar surface area (TPSA) is 48.5 Å². The first-order valence-corrected chi connectivity index (χ1v) is 9.01. The Morgan fingerprint density at radius 3 is 2.70 bits per heavy atom. The molecule has 126 valence electrons. The SMILES string of the molecule is CCCN1CCC(NC(=O)c2cccnc2N2CCCC2)CC1. The van der Waals surface area contributed by atoms with Crippen molar-refractivity contribution in [1.29, 1.82) is 0 Å². The molecule has 0 aliphatic carbocycles. The molecule has 0 radical (unpaired) electrons. The zero-order chi connectivity index (χ0) is 16.1. The quantitative estimate of drug-likeness (QED) is 0.905. The average Bonchev–Trinajstić information content (AvgIpc) is 3.11. The van der Waals surface area contributed by atoms with Crippen molar-refractivity contribution in [2.75, 3.05) is 37.6 Å². The number of amides is 1. The van der Waals surface area contributed by atoms with Gasteiger partial charge in [0.05, 0.1) is 5.56 Å². The van der Waals surface area contributed by atoms with E-state index in [9.17, 15) is 4.79 Å². The summed E-state index contributed by atoms with van der Waals surface area (Å²) in [6.07, 6.45) is 7.46. The zero-order valence-electron chi connectivity index (χ0n) is 14.1. The van der Waals surface area contributed by atoms with Crippen molar-refractivity contribution in [3.63, 3.8) is 0 Å². The lowest BCUT2D eigenvalue weighted by Crippen LogP contribution is -2.45. The summed E-state index contributed by atoms with van der Waals surface area (Å²) in [5, 5.41) is 3.23. The van der Waals surface area contributed by atoms with Gasteiger partial charge in [-0.1, -0.05) is 6.92 Å². The highest BCUT2D eigenvalue weighted by Crippen LogP contribution is 2.22. The van der Waals surface area contributed by atoms with Gasteiger partial charge in [-0.05, 0) is 50.8 Å². The number of likely N-dealkylation sites (tertiary alicyclic amines) is 1. The molecule has 2 fully saturated rings. The zero-order valence-corrected chi connectivity index (χ0v) is 14.1. The van der Waals surface area contributed by atoms with Gasteiger partial charge in [-0.2, -0.15) is 0 Å². The van der Waals surface area contributed by atoms with E-state index in [2.05, 4.69) is 27.0 Å². The minimum atomic E-state index is 0.0361. The third kappa shape index (κ3) is 4.02. The van der Waals surface area contributed by atoms with Crippen molar-refractivity contribution >= 4 is 11.7 Å². The van der Waals surface area contributed by atoms with Gasteiger partial charge in [0.2, 0.25) is 0 Å². The van der Waals surface area contributed by atoms with E-state index in [1.807, 2.05) is 12.1 Å². The Morgan fingerprint density at radius 2 is 2.00 bits per heavy atom. The molecular formula is C18H28N4O. The summed E-state index contributed by atoms with van der Waals surface area (Å²) >= 11 is 0. The van der Waals surface area contributed by atoms with Crippen LogP contribution in [0, 0.1) is 0 Å². The Balaban J connectivity index is 1.61. The lowest BCUT2D eigenvalue weighted by Gasteiger charge is -2.32. The monoisotopic (exact) mass is 316 g/mol. The molecule has 1 amide bonds. The predicted molar refractivity (Wildman–Crippen MR) is 92.9 cm³/mol. The van der Waals surface area contributed by atoms with Crippen molar-refractivity contribution in [2.24, 2.45) is 0 Å². The van der Waals surface area contributed by atoms with Gasteiger partial charge in [0, 0.05) is 38.4 Å². The largest absolute Gasteiger partial charge is 0.356 e. The molecular weight excluding hydrogens is 288 g/mol. The van der Waals surface area contributed by atoms with Crippen molar-refractivity contribution < 1.29 is 4.79 Å². The first-order valence-electron chi connectivity index (χ1n) is 9.01. The minimum absolute atomic E-state index is 0.0361. The second kappa shape index (κ2) is 7.77. The molecule has 0 bridgehead atoms. The summed E-state index contributed by atoms with van der Waals surface area (Å²) in [5.74, 6) is 0.889. The number of piperidine rings is 1. The van der Waals surface area contributed by atoms with Gasteiger partial charge in [0.15, 0.2) is 0 Å². The highest BCUT2D eigenvalue weighted by Gasteiger charge is 2.24. The molecule has 0 spiro atoms. The Morgan fingerprint density at radius 1 is 1.26 bits per heavy atom. The number of pyridine rings is 1. The normalized spacial score (nSPS) is 20.0. The summed E-state index contributed by atoms with van der Waals surface area (Å²) in [6.45, 7) is 7.58. The Bertz CT molecular complexity index is 520. The van der Waals surface area contributed by atoms with Gasteiger partial charge in [0.1, 0.15) is 5.82 Å². The standard InChI is InChI=1S/C18H28N4O/c1-2-10-21-13-7-15(8-14-21)20-18(23)16-6-5-9-19-17(16)22-11-3-4-12-22/h5-6,9,15H,2-4,7-8,10-14H2,1H3,(H,20,23). The van der Waals surface area contributed by atoms with E-state index in [1.54, 1.807) is 6.20 Å². The van der Waals surface area contributed by atoms with E-state index < -0.39 is 0 Å². The fourth-order valence-electron chi connectivity index (χ4n) is 3.64. The van der Waals surface area contributed by atoms with Crippen LogP contribution in [0.5, 0.6) is 0 Å². The number of carbonyl (C=O) groups is 1. The van der Waals surface area contributed by atoms with Crippen LogP contribution in [0.3, 0.4) is 0 Å². The van der Waals surface area contributed by atoms with E-state index in [4.69, 9.17) is 0 Å². The fraction of sp³-hybridized carbons (Fsp3) is 0.667. The number of nitrogens with one attached hydrogen (secondary N) is 1. The maximum Gasteiger partial charge on any atom is 0.255 e. The summed E-state index contributed by atoms with van der Waals surface area (Å²) in [4.78, 5) is 21.9. The summed E-state index contributed by atoms with van der Waals surface area (Å²) < 4.78 is 0. The second-order valence-corrected chi connectivity index (χ2v) is 6.66. The van der Waals surface area contributed by atoms with Gasteiger partial charge in [-0.25, -0.2) is 4.98 Å². The summed E-state index contributed by atoms with van der Waals surface area (Å²) in [5.41, 5.74) is 0.727. The minimum Gasteiger partial charge on any atom is -0.356 e. The van der Waals surface area contributed by atoms with Crippen LogP contribution in [-0.4, -0.2) is 54.6 Å². The number of hydrogen-bond donors (Lipinski definition) is 1. The van der Waals surface area contributed by atoms with Gasteiger partial charge in [-0.3, -0.25) is 4.79 Å². The number of hydrogen-bond acceptors (Lipinski definition) is 4. The van der Waals surface area contributed by atoms with E-state index in [0.717, 1.165) is 50.4 Å². The van der Waals surface area contributed by atoms with E-state index >= 15 is 0 Å². The molecule has 3 rings (SSSR count). The third-order valence-corrected chi connectivity index (χ3v) is 4.90. The lowest BCUT2D eigenvalue weighted by atomic mass is 10.0. The maximum absolute atomic E-state index is 12.7. The molecule has 1 N–H and O–H groups in total. The molecule has 5 nitrogen and oxygen atoms in total. The summed E-state index contributed by atoms with van der Waals surface area (Å²) in [6, 6.07) is 4.06.